The van der Waals surface area contributed by atoms with E-state index in [0.717, 1.165) is 39.0 Å². The standard InChI is InChI=1S/C15H31NO2/c1-5-16(4)11-6-12-17-14-7-9-15(10-8-14)18-13(2)3/h13-15H,5-12H2,1-4H3. The van der Waals surface area contributed by atoms with Gasteiger partial charge in [0.25, 0.3) is 0 Å². The number of rotatable bonds is 8. The molecule has 0 N–H and O–H groups in total. The van der Waals surface area contributed by atoms with E-state index in [1.165, 1.54) is 12.8 Å². The summed E-state index contributed by atoms with van der Waals surface area (Å²) in [4.78, 5) is 2.33. The van der Waals surface area contributed by atoms with Gasteiger partial charge in [0.05, 0.1) is 18.3 Å². The monoisotopic (exact) mass is 257 g/mol. The van der Waals surface area contributed by atoms with Crippen LogP contribution in [0.4, 0.5) is 0 Å². The minimum absolute atomic E-state index is 0.358. The third-order valence-corrected chi connectivity index (χ3v) is 3.66. The smallest absolute Gasteiger partial charge is 0.0580 e. The predicted octanol–water partition coefficient (Wildman–Crippen LogP) is 3.08. The second kappa shape index (κ2) is 8.89. The molecule has 1 rings (SSSR count). The molecule has 0 aromatic heterocycles. The van der Waals surface area contributed by atoms with E-state index in [2.05, 4.69) is 32.7 Å². The molecule has 1 aliphatic rings. The van der Waals surface area contributed by atoms with Gasteiger partial charge in [0, 0.05) is 13.2 Å². The van der Waals surface area contributed by atoms with Crippen LogP contribution in [0.2, 0.25) is 0 Å². The van der Waals surface area contributed by atoms with E-state index in [-0.39, 0.29) is 0 Å². The molecule has 0 aromatic carbocycles. The summed E-state index contributed by atoms with van der Waals surface area (Å²) in [5, 5.41) is 0. The number of hydrogen-bond acceptors (Lipinski definition) is 3. The maximum Gasteiger partial charge on any atom is 0.0580 e. The Labute approximate surface area is 113 Å². The quantitative estimate of drug-likeness (QED) is 0.624. The Bertz CT molecular complexity index is 201. The average Bonchev–Trinajstić information content (AvgIpc) is 2.35. The van der Waals surface area contributed by atoms with Crippen molar-refractivity contribution in [2.45, 2.75) is 71.2 Å². The Morgan fingerprint density at radius 3 is 2.28 bits per heavy atom. The Balaban J connectivity index is 2.02. The maximum absolute atomic E-state index is 5.95. The molecule has 3 nitrogen and oxygen atoms in total. The van der Waals surface area contributed by atoms with Crippen molar-refractivity contribution in [3.05, 3.63) is 0 Å². The van der Waals surface area contributed by atoms with Gasteiger partial charge in [0.2, 0.25) is 0 Å². The molecular formula is C15H31NO2. The lowest BCUT2D eigenvalue weighted by molar-refractivity contribution is -0.0521. The Kier molecular flexibility index (Phi) is 7.87. The van der Waals surface area contributed by atoms with Crippen molar-refractivity contribution in [3.63, 3.8) is 0 Å². The maximum atomic E-state index is 5.95. The summed E-state index contributed by atoms with van der Waals surface area (Å²) in [6.07, 6.45) is 7.11. The zero-order valence-electron chi connectivity index (χ0n) is 12.7. The zero-order chi connectivity index (χ0) is 13.4. The molecule has 0 aliphatic heterocycles. The molecule has 0 unspecified atom stereocenters. The second-order valence-corrected chi connectivity index (χ2v) is 5.70. The van der Waals surface area contributed by atoms with E-state index < -0.39 is 0 Å². The lowest BCUT2D eigenvalue weighted by Gasteiger charge is -2.30. The minimum atomic E-state index is 0.358. The van der Waals surface area contributed by atoms with E-state index in [0.29, 0.717) is 18.3 Å². The van der Waals surface area contributed by atoms with E-state index in [4.69, 9.17) is 9.47 Å². The average molecular weight is 257 g/mol. The summed E-state index contributed by atoms with van der Waals surface area (Å²) in [6.45, 7) is 9.60. The van der Waals surface area contributed by atoms with Crippen molar-refractivity contribution >= 4 is 0 Å². The summed E-state index contributed by atoms with van der Waals surface area (Å²) in [5.74, 6) is 0. The largest absolute Gasteiger partial charge is 0.378 e. The topological polar surface area (TPSA) is 21.7 Å². The van der Waals surface area contributed by atoms with Gasteiger partial charge in [-0.25, -0.2) is 0 Å². The summed E-state index contributed by atoms with van der Waals surface area (Å²) >= 11 is 0. The molecule has 1 fully saturated rings. The lowest BCUT2D eigenvalue weighted by atomic mass is 9.95. The lowest BCUT2D eigenvalue weighted by Crippen LogP contribution is -2.29. The van der Waals surface area contributed by atoms with Crippen molar-refractivity contribution in [1.29, 1.82) is 0 Å². The first-order valence-corrected chi connectivity index (χ1v) is 7.57. The molecule has 1 aliphatic carbocycles. The van der Waals surface area contributed by atoms with Crippen LogP contribution in [0.3, 0.4) is 0 Å². The van der Waals surface area contributed by atoms with Gasteiger partial charge in [-0.3, -0.25) is 0 Å². The summed E-state index contributed by atoms with van der Waals surface area (Å²) < 4.78 is 11.8. The minimum Gasteiger partial charge on any atom is -0.378 e. The Morgan fingerprint density at radius 1 is 1.11 bits per heavy atom. The van der Waals surface area contributed by atoms with Gasteiger partial charge in [-0.1, -0.05) is 6.92 Å². The van der Waals surface area contributed by atoms with Crippen LogP contribution < -0.4 is 0 Å². The molecule has 1 saturated carbocycles. The molecule has 0 atom stereocenters. The van der Waals surface area contributed by atoms with Gasteiger partial charge in [-0.15, -0.1) is 0 Å². The van der Waals surface area contributed by atoms with Gasteiger partial charge < -0.3 is 14.4 Å². The molecule has 18 heavy (non-hydrogen) atoms. The third kappa shape index (κ3) is 6.72. The fourth-order valence-corrected chi connectivity index (χ4v) is 2.46. The molecule has 108 valence electrons. The first-order chi connectivity index (χ1) is 8.61. The van der Waals surface area contributed by atoms with Crippen LogP contribution >= 0.6 is 0 Å². The van der Waals surface area contributed by atoms with Crippen molar-refractivity contribution in [1.82, 2.24) is 4.90 Å². The molecule has 0 amide bonds. The SMILES string of the molecule is CCN(C)CCCOC1CCC(OC(C)C)CC1. The van der Waals surface area contributed by atoms with Crippen LogP contribution in [0, 0.1) is 0 Å². The highest BCUT2D eigenvalue weighted by atomic mass is 16.5. The third-order valence-electron chi connectivity index (χ3n) is 3.66. The van der Waals surface area contributed by atoms with E-state index in [1.807, 2.05) is 0 Å². The normalized spacial score (nSPS) is 25.0. The first kappa shape index (κ1) is 15.9. The van der Waals surface area contributed by atoms with Gasteiger partial charge >= 0.3 is 0 Å². The van der Waals surface area contributed by atoms with Gasteiger partial charge in [0.1, 0.15) is 0 Å². The highest BCUT2D eigenvalue weighted by Gasteiger charge is 2.22. The molecule has 0 saturated heterocycles. The highest BCUT2D eigenvalue weighted by Crippen LogP contribution is 2.24. The highest BCUT2D eigenvalue weighted by molar-refractivity contribution is 4.73. The molecular weight excluding hydrogens is 226 g/mol. The van der Waals surface area contributed by atoms with Crippen molar-refractivity contribution in [2.24, 2.45) is 0 Å². The summed E-state index contributed by atoms with van der Waals surface area (Å²) in [7, 11) is 2.16. The van der Waals surface area contributed by atoms with Crippen LogP contribution in [0.1, 0.15) is 52.9 Å². The molecule has 0 bridgehead atoms. The van der Waals surface area contributed by atoms with E-state index in [1.54, 1.807) is 0 Å². The van der Waals surface area contributed by atoms with Gasteiger partial charge in [-0.2, -0.15) is 0 Å². The first-order valence-electron chi connectivity index (χ1n) is 7.57. The molecule has 3 heteroatoms. The fraction of sp³-hybridized carbons (Fsp3) is 1.00. The van der Waals surface area contributed by atoms with Gasteiger partial charge in [-0.05, 0) is 59.5 Å². The van der Waals surface area contributed by atoms with Crippen LogP contribution in [-0.2, 0) is 9.47 Å². The zero-order valence-corrected chi connectivity index (χ0v) is 12.7. The van der Waals surface area contributed by atoms with Crippen molar-refractivity contribution < 1.29 is 9.47 Å². The molecule has 0 aromatic rings. The number of ether oxygens (including phenoxy) is 2. The van der Waals surface area contributed by atoms with Gasteiger partial charge in [0.15, 0.2) is 0 Å². The van der Waals surface area contributed by atoms with Crippen LogP contribution in [0.15, 0.2) is 0 Å². The van der Waals surface area contributed by atoms with E-state index >= 15 is 0 Å². The number of nitrogens with zero attached hydrogens (tertiary/aromatic N) is 1. The Hall–Kier alpha value is -0.120. The molecule has 0 spiro atoms. The predicted molar refractivity (Wildman–Crippen MR) is 76.0 cm³/mol. The van der Waals surface area contributed by atoms with Crippen molar-refractivity contribution in [2.75, 3.05) is 26.7 Å². The van der Waals surface area contributed by atoms with Crippen LogP contribution in [0.5, 0.6) is 0 Å². The van der Waals surface area contributed by atoms with E-state index in [9.17, 15) is 0 Å². The van der Waals surface area contributed by atoms with Crippen molar-refractivity contribution in [3.8, 4) is 0 Å². The van der Waals surface area contributed by atoms with Crippen LogP contribution in [0.25, 0.3) is 0 Å². The summed E-state index contributed by atoms with van der Waals surface area (Å²) in [5.41, 5.74) is 0. The second-order valence-electron chi connectivity index (χ2n) is 5.70. The molecule has 0 radical (unpaired) electrons. The Morgan fingerprint density at radius 2 is 1.72 bits per heavy atom. The van der Waals surface area contributed by atoms with Crippen LogP contribution in [-0.4, -0.2) is 50.0 Å². The fourth-order valence-electron chi connectivity index (χ4n) is 2.46. The summed E-state index contributed by atoms with van der Waals surface area (Å²) in [6, 6.07) is 0. The molecule has 0 heterocycles. The number of hydrogen-bond donors (Lipinski definition) is 0.